The minimum Gasteiger partial charge on any atom is -0.329 e. The molecule has 1 aliphatic heterocycles. The number of piperidine rings is 1. The van der Waals surface area contributed by atoms with Crippen LogP contribution in [-0.4, -0.2) is 19.5 Å². The molecule has 1 aliphatic rings. The highest BCUT2D eigenvalue weighted by Crippen LogP contribution is 2.08. The number of anilines is 1. The maximum absolute atomic E-state index is 9.95. The van der Waals surface area contributed by atoms with Crippen LogP contribution in [0.25, 0.3) is 0 Å². The number of nitriles is 1. The number of hydrogen-bond donors (Lipinski definition) is 2. The minimum absolute atomic E-state index is 0.585. The Morgan fingerprint density at radius 1 is 1.33 bits per heavy atom. The first-order chi connectivity index (χ1) is 8.76. The molecule has 96 valence electrons. The Hall–Kier alpha value is -1.86. The van der Waals surface area contributed by atoms with Crippen LogP contribution >= 0.6 is 0 Å². The second-order valence-electron chi connectivity index (χ2n) is 4.38. The first kappa shape index (κ1) is 14.2. The summed E-state index contributed by atoms with van der Waals surface area (Å²) >= 11 is 0. The van der Waals surface area contributed by atoms with E-state index in [-0.39, 0.29) is 0 Å². The number of amides is 1. The molecule has 1 aromatic carbocycles. The first-order valence-electron chi connectivity index (χ1n) is 6.17. The molecule has 18 heavy (non-hydrogen) atoms. The Morgan fingerprint density at radius 2 is 1.94 bits per heavy atom. The van der Waals surface area contributed by atoms with E-state index in [1.165, 1.54) is 25.9 Å². The van der Waals surface area contributed by atoms with Crippen LogP contribution in [0.5, 0.6) is 0 Å². The van der Waals surface area contributed by atoms with Crippen LogP contribution in [0.2, 0.25) is 0 Å². The smallest absolute Gasteiger partial charge is 0.211 e. The second kappa shape index (κ2) is 8.26. The Bertz CT molecular complexity index is 388. The van der Waals surface area contributed by atoms with E-state index in [9.17, 15) is 4.79 Å². The van der Waals surface area contributed by atoms with E-state index in [2.05, 4.69) is 17.6 Å². The molecular weight excluding hydrogens is 226 g/mol. The standard InChI is InChI=1S/C8H6N2O.C6H13N/c9-5-7-1-3-8(4-2-7)10-6-11;1-6-2-4-7-5-3-6/h1-4,6H,(H,10,11);6-7H,2-5H2,1H3. The molecular formula is C14H19N3O. The molecule has 1 aromatic rings. The Balaban J connectivity index is 0.000000199. The summed E-state index contributed by atoms with van der Waals surface area (Å²) in [6, 6.07) is 8.62. The maximum Gasteiger partial charge on any atom is 0.211 e. The minimum atomic E-state index is 0.585. The van der Waals surface area contributed by atoms with E-state index < -0.39 is 0 Å². The highest BCUT2D eigenvalue weighted by molar-refractivity contribution is 5.71. The molecule has 0 atom stereocenters. The van der Waals surface area contributed by atoms with Crippen molar-refractivity contribution in [2.24, 2.45) is 5.92 Å². The number of carbonyl (C=O) groups excluding carboxylic acids is 1. The summed E-state index contributed by atoms with van der Waals surface area (Å²) in [6.07, 6.45) is 3.35. The normalized spacial score (nSPS) is 14.9. The van der Waals surface area contributed by atoms with Gasteiger partial charge in [0.2, 0.25) is 6.41 Å². The van der Waals surface area contributed by atoms with Gasteiger partial charge in [0.1, 0.15) is 0 Å². The SMILES string of the molecule is CC1CCNCC1.N#Cc1ccc(NC=O)cc1. The Kier molecular flexibility index (Phi) is 6.52. The maximum atomic E-state index is 9.95. The van der Waals surface area contributed by atoms with Gasteiger partial charge in [-0.3, -0.25) is 4.79 Å². The Labute approximate surface area is 108 Å². The Morgan fingerprint density at radius 3 is 2.33 bits per heavy atom. The molecule has 2 N–H and O–H groups in total. The summed E-state index contributed by atoms with van der Waals surface area (Å²) in [4.78, 5) is 9.95. The number of rotatable bonds is 2. The molecule has 2 rings (SSSR count). The van der Waals surface area contributed by atoms with Gasteiger partial charge >= 0.3 is 0 Å². The van der Waals surface area contributed by atoms with E-state index in [0.717, 1.165) is 5.92 Å². The van der Waals surface area contributed by atoms with Crippen molar-refractivity contribution < 1.29 is 4.79 Å². The number of carbonyl (C=O) groups is 1. The average molecular weight is 245 g/mol. The van der Waals surface area contributed by atoms with Crippen molar-refractivity contribution >= 4 is 12.1 Å². The lowest BCUT2D eigenvalue weighted by molar-refractivity contribution is -0.105. The highest BCUT2D eigenvalue weighted by Gasteiger charge is 2.05. The molecule has 1 heterocycles. The highest BCUT2D eigenvalue weighted by atomic mass is 16.1. The molecule has 4 nitrogen and oxygen atoms in total. The second-order valence-corrected chi connectivity index (χ2v) is 4.38. The zero-order chi connectivity index (χ0) is 13.2. The van der Waals surface area contributed by atoms with Gasteiger partial charge in [-0.1, -0.05) is 6.92 Å². The fourth-order valence-electron chi connectivity index (χ4n) is 1.68. The molecule has 0 radical (unpaired) electrons. The van der Waals surface area contributed by atoms with Gasteiger partial charge in [0.15, 0.2) is 0 Å². The molecule has 0 saturated carbocycles. The third-order valence-electron chi connectivity index (χ3n) is 2.87. The number of nitrogens with zero attached hydrogens (tertiary/aromatic N) is 1. The van der Waals surface area contributed by atoms with Crippen LogP contribution in [0.1, 0.15) is 25.3 Å². The van der Waals surface area contributed by atoms with Crippen LogP contribution in [0.3, 0.4) is 0 Å². The molecule has 1 fully saturated rings. The molecule has 0 aliphatic carbocycles. The van der Waals surface area contributed by atoms with Gasteiger partial charge in [-0.15, -0.1) is 0 Å². The van der Waals surface area contributed by atoms with Crippen LogP contribution in [0.15, 0.2) is 24.3 Å². The van der Waals surface area contributed by atoms with Gasteiger partial charge in [0, 0.05) is 5.69 Å². The quantitative estimate of drug-likeness (QED) is 0.784. The van der Waals surface area contributed by atoms with E-state index in [4.69, 9.17) is 5.26 Å². The lowest BCUT2D eigenvalue weighted by Crippen LogP contribution is -2.26. The average Bonchev–Trinajstić information content (AvgIpc) is 2.42. The van der Waals surface area contributed by atoms with Crippen molar-refractivity contribution in [1.29, 1.82) is 5.26 Å². The third kappa shape index (κ3) is 5.46. The van der Waals surface area contributed by atoms with E-state index in [1.54, 1.807) is 24.3 Å². The van der Waals surface area contributed by atoms with Gasteiger partial charge in [0.05, 0.1) is 11.6 Å². The van der Waals surface area contributed by atoms with Crippen molar-refractivity contribution in [1.82, 2.24) is 5.32 Å². The predicted molar refractivity (Wildman–Crippen MR) is 72.1 cm³/mol. The lowest BCUT2D eigenvalue weighted by Gasteiger charge is -2.17. The van der Waals surface area contributed by atoms with Gasteiger partial charge in [-0.2, -0.15) is 5.26 Å². The summed E-state index contributed by atoms with van der Waals surface area (Å²) in [6.45, 7) is 4.79. The fraction of sp³-hybridized carbons (Fsp3) is 0.429. The topological polar surface area (TPSA) is 64.9 Å². The zero-order valence-electron chi connectivity index (χ0n) is 10.6. The molecule has 0 aromatic heterocycles. The zero-order valence-corrected chi connectivity index (χ0v) is 10.6. The molecule has 4 heteroatoms. The predicted octanol–water partition coefficient (Wildman–Crippen LogP) is 2.13. The summed E-state index contributed by atoms with van der Waals surface area (Å²) in [7, 11) is 0. The largest absolute Gasteiger partial charge is 0.329 e. The van der Waals surface area contributed by atoms with Crippen LogP contribution < -0.4 is 10.6 Å². The van der Waals surface area contributed by atoms with E-state index in [1.807, 2.05) is 6.07 Å². The van der Waals surface area contributed by atoms with Crippen LogP contribution in [0, 0.1) is 17.2 Å². The molecule has 0 unspecified atom stereocenters. The fourth-order valence-corrected chi connectivity index (χ4v) is 1.68. The molecule has 0 bridgehead atoms. The van der Waals surface area contributed by atoms with E-state index in [0.29, 0.717) is 17.7 Å². The first-order valence-corrected chi connectivity index (χ1v) is 6.17. The number of benzene rings is 1. The lowest BCUT2D eigenvalue weighted by atomic mass is 10.0. The van der Waals surface area contributed by atoms with Crippen molar-refractivity contribution in [3.05, 3.63) is 29.8 Å². The number of nitrogens with one attached hydrogen (secondary N) is 2. The van der Waals surface area contributed by atoms with Crippen molar-refractivity contribution in [2.75, 3.05) is 18.4 Å². The third-order valence-corrected chi connectivity index (χ3v) is 2.87. The van der Waals surface area contributed by atoms with Crippen LogP contribution in [0.4, 0.5) is 5.69 Å². The van der Waals surface area contributed by atoms with Crippen LogP contribution in [-0.2, 0) is 4.79 Å². The summed E-state index contributed by atoms with van der Waals surface area (Å²) in [5.41, 5.74) is 1.28. The van der Waals surface area contributed by atoms with Gasteiger partial charge in [-0.25, -0.2) is 0 Å². The summed E-state index contributed by atoms with van der Waals surface area (Å²) in [5, 5.41) is 14.2. The molecule has 1 saturated heterocycles. The monoisotopic (exact) mass is 245 g/mol. The van der Waals surface area contributed by atoms with E-state index >= 15 is 0 Å². The summed E-state index contributed by atoms with van der Waals surface area (Å²) in [5.74, 6) is 0.973. The van der Waals surface area contributed by atoms with Crippen molar-refractivity contribution in [3.8, 4) is 6.07 Å². The van der Waals surface area contributed by atoms with Crippen molar-refractivity contribution in [3.63, 3.8) is 0 Å². The van der Waals surface area contributed by atoms with Gasteiger partial charge in [0.25, 0.3) is 0 Å². The van der Waals surface area contributed by atoms with Gasteiger partial charge in [-0.05, 0) is 56.1 Å². The number of hydrogen-bond acceptors (Lipinski definition) is 3. The molecule has 0 spiro atoms. The summed E-state index contributed by atoms with van der Waals surface area (Å²) < 4.78 is 0. The molecule has 1 amide bonds. The van der Waals surface area contributed by atoms with Crippen molar-refractivity contribution in [2.45, 2.75) is 19.8 Å². The van der Waals surface area contributed by atoms with Gasteiger partial charge < -0.3 is 10.6 Å².